The molecule has 6 rings (SSSR count). The van der Waals surface area contributed by atoms with Crippen LogP contribution in [0.3, 0.4) is 0 Å². The van der Waals surface area contributed by atoms with Gasteiger partial charge in [-0.05, 0) is 61.8 Å². The molecule has 1 aliphatic heterocycles. The summed E-state index contributed by atoms with van der Waals surface area (Å²) in [4.78, 5) is 36.4. The van der Waals surface area contributed by atoms with Gasteiger partial charge < -0.3 is 15.0 Å². The molecule has 1 aliphatic rings. The predicted molar refractivity (Wildman–Crippen MR) is 176 cm³/mol. The Balaban J connectivity index is 1.20. The van der Waals surface area contributed by atoms with Gasteiger partial charge in [-0.25, -0.2) is 28.7 Å². The Hall–Kier alpha value is -4.81. The number of rotatable bonds is 12. The normalized spacial score (nSPS) is 13.1. The number of nitrogens with zero attached hydrogens (tertiary/aromatic N) is 6. The number of thiazole rings is 1. The van der Waals surface area contributed by atoms with Crippen LogP contribution in [-0.2, 0) is 6.42 Å². The summed E-state index contributed by atoms with van der Waals surface area (Å²) >= 11 is 1.47. The van der Waals surface area contributed by atoms with E-state index in [2.05, 4.69) is 20.2 Å². The maximum atomic E-state index is 14.2. The molecule has 5 aromatic rings. The quantitative estimate of drug-likeness (QED) is 0.150. The monoisotopic (exact) mass is 641 g/mol. The van der Waals surface area contributed by atoms with Crippen molar-refractivity contribution in [3.63, 3.8) is 0 Å². The fourth-order valence-electron chi connectivity index (χ4n) is 5.24. The van der Waals surface area contributed by atoms with Gasteiger partial charge in [0.2, 0.25) is 11.8 Å². The number of hydrogen-bond acceptors (Lipinski definition) is 10. The lowest BCUT2D eigenvalue weighted by atomic mass is 9.99. The van der Waals surface area contributed by atoms with Crippen LogP contribution in [0.1, 0.15) is 28.8 Å². The van der Waals surface area contributed by atoms with E-state index >= 15 is 0 Å². The van der Waals surface area contributed by atoms with Crippen molar-refractivity contribution in [2.75, 3.05) is 50.6 Å². The van der Waals surface area contributed by atoms with Crippen LogP contribution in [0.4, 0.5) is 25.5 Å². The lowest BCUT2D eigenvalue weighted by Crippen LogP contribution is -2.25. The molecular formula is C34H33F2N7O2S. The second kappa shape index (κ2) is 14.1. The summed E-state index contributed by atoms with van der Waals surface area (Å²) in [5.41, 5.74) is 2.86. The molecule has 0 amide bonds. The molecule has 12 heteroatoms. The van der Waals surface area contributed by atoms with Crippen molar-refractivity contribution in [3.05, 3.63) is 95.8 Å². The highest BCUT2D eigenvalue weighted by Crippen LogP contribution is 2.39. The number of aromatic nitrogens is 4. The molecule has 0 atom stereocenters. The Morgan fingerprint density at radius 2 is 1.78 bits per heavy atom. The van der Waals surface area contributed by atoms with Crippen molar-refractivity contribution < 1.29 is 18.3 Å². The second-order valence-electron chi connectivity index (χ2n) is 11.1. The third-order valence-electron chi connectivity index (χ3n) is 7.54. The number of pyridine rings is 1. The molecule has 4 heterocycles. The zero-order chi connectivity index (χ0) is 32.0. The molecule has 3 aromatic heterocycles. The van der Waals surface area contributed by atoms with E-state index in [9.17, 15) is 13.6 Å². The van der Waals surface area contributed by atoms with Crippen molar-refractivity contribution in [3.8, 4) is 27.7 Å². The van der Waals surface area contributed by atoms with Gasteiger partial charge in [0.15, 0.2) is 10.9 Å². The minimum absolute atomic E-state index is 0.163. The molecule has 0 aliphatic carbocycles. The number of ether oxygens (including phenoxy) is 1. The van der Waals surface area contributed by atoms with Crippen molar-refractivity contribution in [1.82, 2.24) is 24.8 Å². The SMILES string of the molecule is CN(C)c1nc(-c2cccc(CC(=O)c3c(F)cccc3F)c2)c(-c2ccnc(Nc3ccc(OCCN4CCCC4)nc3)n2)s1. The fraction of sp³-hybridized carbons (Fsp3) is 0.265. The number of anilines is 3. The Morgan fingerprint density at radius 3 is 2.52 bits per heavy atom. The zero-order valence-corrected chi connectivity index (χ0v) is 26.4. The lowest BCUT2D eigenvalue weighted by molar-refractivity contribution is 0.0985. The fourth-order valence-corrected chi connectivity index (χ4v) is 6.22. The number of likely N-dealkylation sites (tertiary alicyclic amines) is 1. The lowest BCUT2D eigenvalue weighted by Gasteiger charge is -2.14. The van der Waals surface area contributed by atoms with Gasteiger partial charge in [0, 0.05) is 44.9 Å². The molecular weight excluding hydrogens is 608 g/mol. The predicted octanol–water partition coefficient (Wildman–Crippen LogP) is 6.65. The minimum Gasteiger partial charge on any atom is -0.476 e. The van der Waals surface area contributed by atoms with Crippen LogP contribution in [0, 0.1) is 11.6 Å². The Labute approximate surface area is 269 Å². The number of carbonyl (C=O) groups excluding carboxylic acids is 1. The molecule has 0 radical (unpaired) electrons. The number of benzene rings is 2. The largest absolute Gasteiger partial charge is 0.476 e. The van der Waals surface area contributed by atoms with E-state index < -0.39 is 23.0 Å². The van der Waals surface area contributed by atoms with Crippen LogP contribution in [0.15, 0.2) is 73.1 Å². The number of carbonyl (C=O) groups is 1. The maximum Gasteiger partial charge on any atom is 0.227 e. The van der Waals surface area contributed by atoms with Crippen LogP contribution in [0.5, 0.6) is 5.88 Å². The standard InChI is InChI=1S/C34H33F2N7O2S/c1-42(2)34-41-31(23-8-5-7-22(19-23)20-28(44)30-25(35)9-6-10-26(30)36)32(46-34)27-13-14-37-33(40-27)39-24-11-12-29(38-21-24)45-18-17-43-15-3-4-16-43/h5-14,19,21H,3-4,15-18,20H2,1-2H3,(H,37,39,40). The highest BCUT2D eigenvalue weighted by Gasteiger charge is 2.21. The first-order valence-corrected chi connectivity index (χ1v) is 15.8. The van der Waals surface area contributed by atoms with E-state index in [0.29, 0.717) is 41.1 Å². The first kappa shape index (κ1) is 31.2. The van der Waals surface area contributed by atoms with Gasteiger partial charge in [0.25, 0.3) is 0 Å². The van der Waals surface area contributed by atoms with E-state index in [-0.39, 0.29) is 6.42 Å². The van der Waals surface area contributed by atoms with Crippen molar-refractivity contribution in [2.45, 2.75) is 19.3 Å². The van der Waals surface area contributed by atoms with E-state index in [1.54, 1.807) is 24.5 Å². The zero-order valence-electron chi connectivity index (χ0n) is 25.5. The smallest absolute Gasteiger partial charge is 0.227 e. The Morgan fingerprint density at radius 1 is 1.00 bits per heavy atom. The molecule has 0 spiro atoms. The second-order valence-corrected chi connectivity index (χ2v) is 12.1. The van der Waals surface area contributed by atoms with Gasteiger partial charge in [-0.15, -0.1) is 0 Å². The summed E-state index contributed by atoms with van der Waals surface area (Å²) in [7, 11) is 3.81. The highest BCUT2D eigenvalue weighted by molar-refractivity contribution is 7.19. The first-order valence-electron chi connectivity index (χ1n) is 15.0. The summed E-state index contributed by atoms with van der Waals surface area (Å²) in [6, 6.07) is 16.2. The number of halogens is 2. The first-order chi connectivity index (χ1) is 22.3. The van der Waals surface area contributed by atoms with Crippen LogP contribution >= 0.6 is 11.3 Å². The van der Waals surface area contributed by atoms with E-state index in [4.69, 9.17) is 14.7 Å². The summed E-state index contributed by atoms with van der Waals surface area (Å²) in [5.74, 6) is -1.44. The van der Waals surface area contributed by atoms with Gasteiger partial charge in [0.05, 0.1) is 33.7 Å². The number of ketones is 1. The third-order valence-corrected chi connectivity index (χ3v) is 8.79. The number of hydrogen-bond donors (Lipinski definition) is 1. The van der Waals surface area contributed by atoms with Gasteiger partial charge in [0.1, 0.15) is 18.2 Å². The van der Waals surface area contributed by atoms with Crippen LogP contribution in [-0.4, -0.2) is 71.0 Å². The molecule has 1 saturated heterocycles. The average Bonchev–Trinajstić information content (AvgIpc) is 3.73. The van der Waals surface area contributed by atoms with Gasteiger partial charge in [-0.3, -0.25) is 9.69 Å². The van der Waals surface area contributed by atoms with Crippen molar-refractivity contribution in [1.29, 1.82) is 0 Å². The van der Waals surface area contributed by atoms with E-state index in [0.717, 1.165) is 47.3 Å². The molecule has 0 unspecified atom stereocenters. The topological polar surface area (TPSA) is 96.4 Å². The number of nitrogens with one attached hydrogen (secondary N) is 1. The molecule has 1 N–H and O–H groups in total. The molecule has 1 fully saturated rings. The maximum absolute atomic E-state index is 14.2. The third kappa shape index (κ3) is 7.35. The number of Topliss-reactive ketones (excluding diaryl/α,β-unsaturated/α-hetero) is 1. The van der Waals surface area contributed by atoms with Crippen molar-refractivity contribution in [2.24, 2.45) is 0 Å². The molecule has 9 nitrogen and oxygen atoms in total. The summed E-state index contributed by atoms with van der Waals surface area (Å²) in [5, 5.41) is 3.97. The van der Waals surface area contributed by atoms with E-state index in [1.165, 1.54) is 30.2 Å². The summed E-state index contributed by atoms with van der Waals surface area (Å²) in [6.45, 7) is 3.75. The van der Waals surface area contributed by atoms with Gasteiger partial charge in [-0.1, -0.05) is 35.6 Å². The van der Waals surface area contributed by atoms with Crippen LogP contribution < -0.4 is 15.0 Å². The summed E-state index contributed by atoms with van der Waals surface area (Å²) in [6.07, 6.45) is 5.69. The Kier molecular flexibility index (Phi) is 9.55. The van der Waals surface area contributed by atoms with Crippen LogP contribution in [0.2, 0.25) is 0 Å². The van der Waals surface area contributed by atoms with Crippen LogP contribution in [0.25, 0.3) is 21.8 Å². The molecule has 0 bridgehead atoms. The summed E-state index contributed by atoms with van der Waals surface area (Å²) < 4.78 is 34.3. The molecule has 2 aromatic carbocycles. The van der Waals surface area contributed by atoms with Gasteiger partial charge in [-0.2, -0.15) is 0 Å². The van der Waals surface area contributed by atoms with E-state index in [1.807, 2.05) is 49.3 Å². The molecule has 236 valence electrons. The minimum atomic E-state index is -0.875. The highest BCUT2D eigenvalue weighted by atomic mass is 32.1. The Bertz CT molecular complexity index is 1800. The molecule has 46 heavy (non-hydrogen) atoms. The molecule has 0 saturated carbocycles. The van der Waals surface area contributed by atoms with Crippen molar-refractivity contribution >= 4 is 33.9 Å². The average molecular weight is 642 g/mol. The van der Waals surface area contributed by atoms with Gasteiger partial charge >= 0.3 is 0 Å².